The van der Waals surface area contributed by atoms with E-state index in [1.54, 1.807) is 6.07 Å². The minimum absolute atomic E-state index is 0. The minimum Gasteiger partial charge on any atom is -0.587 e. The average Bonchev–Trinajstić information content (AvgIpc) is 2.12. The van der Waals surface area contributed by atoms with Crippen LogP contribution in [-0.4, -0.2) is 10.7 Å². The molecule has 0 N–H and O–H groups in total. The summed E-state index contributed by atoms with van der Waals surface area (Å²) in [4.78, 5) is 9.88. The van der Waals surface area contributed by atoms with Gasteiger partial charge in [-0.1, -0.05) is 6.20 Å². The standard InChI is InChI=1S/C5H4NO2.2Li/c7-5(8)6-3-1-2-4-6;;/h1-3H,(H,7,8);;/q-1;2*+1/p-1. The van der Waals surface area contributed by atoms with E-state index >= 15 is 0 Å². The van der Waals surface area contributed by atoms with Crippen molar-refractivity contribution in [3.8, 4) is 0 Å². The van der Waals surface area contributed by atoms with Gasteiger partial charge in [0, 0.05) is 0 Å². The topological polar surface area (TPSA) is 45.1 Å². The number of nitrogens with zero attached hydrogens (tertiary/aromatic N) is 1. The van der Waals surface area contributed by atoms with E-state index in [9.17, 15) is 9.90 Å². The molecular weight excluding hydrogens is 120 g/mol. The Morgan fingerprint density at radius 3 is 2.30 bits per heavy atom. The van der Waals surface area contributed by atoms with Crippen LogP contribution in [0.2, 0.25) is 0 Å². The number of hydrogen-bond acceptors (Lipinski definition) is 2. The Morgan fingerprint density at radius 1 is 1.50 bits per heavy atom. The van der Waals surface area contributed by atoms with E-state index in [0.29, 0.717) is 0 Å². The van der Waals surface area contributed by atoms with Crippen LogP contribution in [0, 0.1) is 6.20 Å². The van der Waals surface area contributed by atoms with Crippen LogP contribution in [0.5, 0.6) is 0 Å². The van der Waals surface area contributed by atoms with Gasteiger partial charge in [0.2, 0.25) is 0 Å². The van der Waals surface area contributed by atoms with Gasteiger partial charge in [-0.25, -0.2) is 0 Å². The molecule has 0 bridgehead atoms. The smallest absolute Gasteiger partial charge is 0.587 e. The molecule has 0 aliphatic carbocycles. The van der Waals surface area contributed by atoms with E-state index in [4.69, 9.17) is 0 Å². The molecule has 10 heavy (non-hydrogen) atoms. The number of carbonyl (C=O) groups excluding carboxylic acids is 1. The van der Waals surface area contributed by atoms with Gasteiger partial charge in [-0.3, -0.25) is 0 Å². The summed E-state index contributed by atoms with van der Waals surface area (Å²) in [5.41, 5.74) is 0. The fraction of sp³-hybridized carbons (Fsp3) is 0. The van der Waals surface area contributed by atoms with Crippen molar-refractivity contribution in [2.45, 2.75) is 0 Å². The molecule has 0 saturated heterocycles. The first-order chi connectivity index (χ1) is 3.80. The van der Waals surface area contributed by atoms with Crippen molar-refractivity contribution in [3.63, 3.8) is 0 Å². The van der Waals surface area contributed by atoms with Crippen molar-refractivity contribution in [2.75, 3.05) is 0 Å². The third kappa shape index (κ3) is 3.20. The second kappa shape index (κ2) is 5.71. The molecule has 1 aromatic rings. The van der Waals surface area contributed by atoms with Crippen LogP contribution < -0.4 is 42.8 Å². The SMILES string of the molecule is O=C([O-])n1[c-]ccc1.[Li+].[Li+]. The molecule has 0 aromatic carbocycles. The van der Waals surface area contributed by atoms with Crippen LogP contribution in [0.25, 0.3) is 0 Å². The van der Waals surface area contributed by atoms with Gasteiger partial charge in [-0.15, -0.1) is 12.3 Å². The maximum Gasteiger partial charge on any atom is 1.00 e. The first kappa shape index (κ1) is 12.6. The quantitative estimate of drug-likeness (QED) is 0.254. The van der Waals surface area contributed by atoms with Gasteiger partial charge in [0.15, 0.2) is 0 Å². The fourth-order valence-electron chi connectivity index (χ4n) is 0.409. The molecule has 0 unspecified atom stereocenters. The molecule has 0 aliphatic heterocycles. The van der Waals surface area contributed by atoms with Crippen molar-refractivity contribution in [3.05, 3.63) is 24.5 Å². The largest absolute Gasteiger partial charge is 1.00 e. The Kier molecular flexibility index (Phi) is 7.20. The monoisotopic (exact) mass is 123 g/mol. The molecule has 0 radical (unpaired) electrons. The molecule has 5 heteroatoms. The van der Waals surface area contributed by atoms with Crippen LogP contribution in [0.1, 0.15) is 0 Å². The number of aromatic nitrogens is 1. The molecule has 0 atom stereocenters. The van der Waals surface area contributed by atoms with Crippen molar-refractivity contribution in [1.29, 1.82) is 0 Å². The van der Waals surface area contributed by atoms with Gasteiger partial charge in [0.05, 0.1) is 6.09 Å². The average molecular weight is 123 g/mol. The molecule has 1 heterocycles. The molecule has 3 nitrogen and oxygen atoms in total. The van der Waals surface area contributed by atoms with Crippen molar-refractivity contribution < 1.29 is 47.6 Å². The van der Waals surface area contributed by atoms with Crippen LogP contribution in [0.15, 0.2) is 18.3 Å². The molecule has 0 fully saturated rings. The summed E-state index contributed by atoms with van der Waals surface area (Å²) >= 11 is 0. The summed E-state index contributed by atoms with van der Waals surface area (Å²) in [6.45, 7) is 0. The Bertz CT molecular complexity index is 186. The van der Waals surface area contributed by atoms with Crippen LogP contribution >= 0.6 is 0 Å². The molecule has 0 amide bonds. The Balaban J connectivity index is 0. The van der Waals surface area contributed by atoms with Gasteiger partial charge in [0.1, 0.15) is 0 Å². The zero-order valence-corrected chi connectivity index (χ0v) is 6.00. The number of hydrogen-bond donors (Lipinski definition) is 0. The summed E-state index contributed by atoms with van der Waals surface area (Å²) < 4.78 is 0.847. The van der Waals surface area contributed by atoms with Crippen LogP contribution in [-0.2, 0) is 0 Å². The number of carbonyl (C=O) groups is 1. The van der Waals surface area contributed by atoms with E-state index in [1.165, 1.54) is 12.3 Å². The number of carboxylic acid groups (broad SMARTS) is 1. The summed E-state index contributed by atoms with van der Waals surface area (Å²) in [7, 11) is 0. The first-order valence-corrected chi connectivity index (χ1v) is 2.07. The van der Waals surface area contributed by atoms with Gasteiger partial charge >= 0.3 is 37.7 Å². The Labute approximate surface area is 82.8 Å². The molecule has 0 spiro atoms. The third-order valence-electron chi connectivity index (χ3n) is 0.742. The minimum atomic E-state index is -1.25. The normalized spacial score (nSPS) is 7.20. The second-order valence-corrected chi connectivity index (χ2v) is 1.27. The van der Waals surface area contributed by atoms with E-state index in [0.717, 1.165) is 4.57 Å². The van der Waals surface area contributed by atoms with Gasteiger partial charge in [-0.2, -0.15) is 6.07 Å². The molecular formula is C5H3Li2NO2. The molecule has 42 valence electrons. The molecule has 0 aliphatic rings. The van der Waals surface area contributed by atoms with Crippen molar-refractivity contribution in [1.82, 2.24) is 4.57 Å². The van der Waals surface area contributed by atoms with E-state index < -0.39 is 6.09 Å². The molecule has 1 aromatic heterocycles. The van der Waals surface area contributed by atoms with Crippen molar-refractivity contribution >= 4 is 6.09 Å². The summed E-state index contributed by atoms with van der Waals surface area (Å²) in [5.74, 6) is 0. The maximum atomic E-state index is 9.88. The van der Waals surface area contributed by atoms with E-state index in [2.05, 4.69) is 6.20 Å². The summed E-state index contributed by atoms with van der Waals surface area (Å²) in [5, 5.41) is 9.88. The van der Waals surface area contributed by atoms with Gasteiger partial charge in [-0.05, 0) is 0 Å². The Morgan fingerprint density at radius 2 is 2.10 bits per heavy atom. The zero-order valence-electron chi connectivity index (χ0n) is 6.00. The van der Waals surface area contributed by atoms with Crippen LogP contribution in [0.4, 0.5) is 4.79 Å². The molecule has 0 saturated carbocycles. The predicted molar refractivity (Wildman–Crippen MR) is 24.1 cm³/mol. The third-order valence-corrected chi connectivity index (χ3v) is 0.742. The summed E-state index contributed by atoms with van der Waals surface area (Å²) in [6.07, 6.45) is 2.49. The number of rotatable bonds is 0. The summed E-state index contributed by atoms with van der Waals surface area (Å²) in [6, 6.07) is 3.06. The van der Waals surface area contributed by atoms with E-state index in [-0.39, 0.29) is 37.7 Å². The fourth-order valence-corrected chi connectivity index (χ4v) is 0.409. The van der Waals surface area contributed by atoms with Gasteiger partial charge < -0.3 is 14.5 Å². The maximum absolute atomic E-state index is 9.88. The molecule has 1 rings (SSSR count). The van der Waals surface area contributed by atoms with Crippen LogP contribution in [0.3, 0.4) is 0 Å². The zero-order chi connectivity index (χ0) is 5.98. The van der Waals surface area contributed by atoms with Crippen molar-refractivity contribution in [2.24, 2.45) is 0 Å². The van der Waals surface area contributed by atoms with E-state index in [1.807, 2.05) is 0 Å². The second-order valence-electron chi connectivity index (χ2n) is 1.27. The van der Waals surface area contributed by atoms with Gasteiger partial charge in [0.25, 0.3) is 0 Å². The Hall–Kier alpha value is -0.0552. The predicted octanol–water partition coefficient (Wildman–Crippen LogP) is -6.51. The first-order valence-electron chi connectivity index (χ1n) is 2.07.